The number of carbonyl (C=O) groups excluding carboxylic acids is 2. The van der Waals surface area contributed by atoms with E-state index in [4.69, 9.17) is 23.7 Å². The minimum atomic E-state index is -1.70. The topological polar surface area (TPSA) is 222 Å². The van der Waals surface area contributed by atoms with E-state index in [2.05, 4.69) is 6.58 Å². The summed E-state index contributed by atoms with van der Waals surface area (Å²) in [5, 5.41) is 68.4. The lowest BCUT2D eigenvalue weighted by molar-refractivity contribution is -0.339. The van der Waals surface area contributed by atoms with Crippen LogP contribution < -0.4 is 0 Å². The largest absolute Gasteiger partial charge is 0.504 e. The van der Waals surface area contributed by atoms with E-state index >= 15 is 0 Å². The first-order valence-corrected chi connectivity index (χ1v) is 11.5. The average Bonchev–Trinajstić information content (AvgIpc) is 2.91. The molecule has 2 aliphatic rings. The third kappa shape index (κ3) is 6.01. The maximum absolute atomic E-state index is 12.4. The maximum Gasteiger partial charge on any atom is 0.338 e. The van der Waals surface area contributed by atoms with Gasteiger partial charge in [0.25, 0.3) is 0 Å². The third-order valence-corrected chi connectivity index (χ3v) is 6.28. The molecule has 8 atom stereocenters. The van der Waals surface area contributed by atoms with E-state index < -0.39 is 84.6 Å². The lowest BCUT2D eigenvalue weighted by atomic mass is 9.82. The number of rotatable bonds is 9. The van der Waals surface area contributed by atoms with Gasteiger partial charge in [0.1, 0.15) is 24.4 Å². The fourth-order valence-electron chi connectivity index (χ4n) is 4.17. The van der Waals surface area contributed by atoms with Crippen molar-refractivity contribution in [2.24, 2.45) is 11.8 Å². The molecular weight excluding hydrogens is 512 g/mol. The van der Waals surface area contributed by atoms with Gasteiger partial charge in [-0.15, -0.1) is 6.58 Å². The molecule has 3 rings (SSSR count). The number of aliphatic hydroxyl groups excluding tert-OH is 4. The van der Waals surface area contributed by atoms with E-state index in [9.17, 15) is 45.3 Å². The van der Waals surface area contributed by atoms with Gasteiger partial charge >= 0.3 is 11.9 Å². The molecule has 0 bridgehead atoms. The van der Waals surface area contributed by atoms with Gasteiger partial charge in [-0.05, 0) is 18.6 Å². The summed E-state index contributed by atoms with van der Waals surface area (Å²) in [6, 6.07) is 1.81. The second-order valence-corrected chi connectivity index (χ2v) is 8.61. The van der Waals surface area contributed by atoms with Crippen molar-refractivity contribution in [1.29, 1.82) is 0 Å². The Hall–Kier alpha value is -3.40. The molecule has 0 amide bonds. The third-order valence-electron chi connectivity index (χ3n) is 6.28. The Labute approximate surface area is 216 Å². The van der Waals surface area contributed by atoms with Crippen molar-refractivity contribution in [2.45, 2.75) is 43.4 Å². The first-order valence-electron chi connectivity index (χ1n) is 11.5. The molecule has 210 valence electrons. The first-order chi connectivity index (χ1) is 18.0. The van der Waals surface area contributed by atoms with E-state index in [0.717, 1.165) is 25.5 Å². The van der Waals surface area contributed by atoms with Crippen LogP contribution in [0, 0.1) is 11.8 Å². The zero-order valence-electron chi connectivity index (χ0n) is 20.2. The molecule has 5 unspecified atom stereocenters. The molecule has 0 spiro atoms. The molecule has 38 heavy (non-hydrogen) atoms. The number of carbonyl (C=O) groups is 2. The molecule has 1 saturated heterocycles. The highest BCUT2D eigenvalue weighted by Gasteiger charge is 2.47. The van der Waals surface area contributed by atoms with Gasteiger partial charge in [0.05, 0.1) is 37.7 Å². The van der Waals surface area contributed by atoms with E-state index in [1.165, 1.54) is 6.08 Å². The van der Waals surface area contributed by atoms with Crippen LogP contribution >= 0.6 is 0 Å². The highest BCUT2D eigenvalue weighted by molar-refractivity contribution is 5.91. The maximum atomic E-state index is 12.4. The molecule has 1 aromatic rings. The van der Waals surface area contributed by atoms with Crippen LogP contribution in [0.15, 0.2) is 36.6 Å². The first kappa shape index (κ1) is 29.2. The van der Waals surface area contributed by atoms with Crippen LogP contribution in [-0.4, -0.2) is 105 Å². The standard InChI is InChI=1S/C24H30O14/c1-3-11-12(4-5-35-21(32)10-6-14(26)17(28)15(27)7-10)13(22(33)34-2)9-36-23(11)38-24-20(31)19(30)18(29)16(8-25)37-24/h3,6-7,9,11-12,16,18-20,23-31H,1,4-5,8H2,2H3/t11-,12+,16?,18?,19?,20?,23+,24?/m1/s1. The Kier molecular flexibility index (Phi) is 9.54. The summed E-state index contributed by atoms with van der Waals surface area (Å²) in [5.41, 5.74) is -0.181. The minimum absolute atomic E-state index is 0.0112. The molecule has 1 fully saturated rings. The molecule has 14 heteroatoms. The number of aromatic hydroxyl groups is 3. The van der Waals surface area contributed by atoms with Crippen LogP contribution in [0.3, 0.4) is 0 Å². The molecular formula is C24H30O14. The van der Waals surface area contributed by atoms with Gasteiger partial charge in [-0.25, -0.2) is 9.59 Å². The van der Waals surface area contributed by atoms with Gasteiger partial charge in [-0.3, -0.25) is 0 Å². The van der Waals surface area contributed by atoms with Gasteiger partial charge in [-0.1, -0.05) is 6.08 Å². The number of methoxy groups -OCH3 is 1. The summed E-state index contributed by atoms with van der Waals surface area (Å²) >= 11 is 0. The Balaban J connectivity index is 1.75. The van der Waals surface area contributed by atoms with Crippen LogP contribution in [0.2, 0.25) is 0 Å². The van der Waals surface area contributed by atoms with Gasteiger partial charge < -0.3 is 59.4 Å². The number of ether oxygens (including phenoxy) is 5. The summed E-state index contributed by atoms with van der Waals surface area (Å²) in [6.45, 7) is 2.80. The second-order valence-electron chi connectivity index (χ2n) is 8.61. The van der Waals surface area contributed by atoms with Crippen molar-refractivity contribution in [1.82, 2.24) is 0 Å². The molecule has 0 saturated carbocycles. The van der Waals surface area contributed by atoms with Crippen molar-refractivity contribution in [3.63, 3.8) is 0 Å². The second kappa shape index (κ2) is 12.4. The molecule has 14 nitrogen and oxygen atoms in total. The smallest absolute Gasteiger partial charge is 0.338 e. The molecule has 2 heterocycles. The van der Waals surface area contributed by atoms with Crippen LogP contribution in [0.25, 0.3) is 0 Å². The minimum Gasteiger partial charge on any atom is -0.504 e. The lowest BCUT2D eigenvalue weighted by Gasteiger charge is -2.43. The zero-order valence-corrected chi connectivity index (χ0v) is 20.2. The lowest BCUT2D eigenvalue weighted by Crippen LogP contribution is -2.60. The molecule has 0 radical (unpaired) electrons. The molecule has 0 aromatic heterocycles. The van der Waals surface area contributed by atoms with Crippen LogP contribution in [-0.2, 0) is 28.5 Å². The molecule has 2 aliphatic heterocycles. The Morgan fingerprint density at radius 2 is 1.68 bits per heavy atom. The number of phenols is 3. The Morgan fingerprint density at radius 3 is 2.26 bits per heavy atom. The van der Waals surface area contributed by atoms with Crippen LogP contribution in [0.5, 0.6) is 17.2 Å². The van der Waals surface area contributed by atoms with Gasteiger partial charge in [-0.2, -0.15) is 0 Å². The number of aliphatic hydroxyl groups is 4. The molecule has 7 N–H and O–H groups in total. The number of hydrogen-bond donors (Lipinski definition) is 7. The van der Waals surface area contributed by atoms with Crippen LogP contribution in [0.4, 0.5) is 0 Å². The molecule has 1 aromatic carbocycles. The highest BCUT2D eigenvalue weighted by Crippen LogP contribution is 2.38. The van der Waals surface area contributed by atoms with Gasteiger partial charge in [0.2, 0.25) is 6.29 Å². The van der Waals surface area contributed by atoms with E-state index in [1.807, 2.05) is 0 Å². The van der Waals surface area contributed by atoms with Gasteiger partial charge in [0.15, 0.2) is 23.5 Å². The Bertz CT molecular complexity index is 1030. The predicted octanol–water partition coefficient (Wildman–Crippen LogP) is -1.00. The quantitative estimate of drug-likeness (QED) is 0.113. The summed E-state index contributed by atoms with van der Waals surface area (Å²) < 4.78 is 26.6. The fraction of sp³-hybridized carbons (Fsp3) is 0.500. The van der Waals surface area contributed by atoms with Crippen molar-refractivity contribution < 1.29 is 69.0 Å². The number of benzene rings is 1. The van der Waals surface area contributed by atoms with Crippen LogP contribution in [0.1, 0.15) is 16.8 Å². The van der Waals surface area contributed by atoms with Crippen molar-refractivity contribution in [2.75, 3.05) is 20.3 Å². The monoisotopic (exact) mass is 542 g/mol. The summed E-state index contributed by atoms with van der Waals surface area (Å²) in [7, 11) is 1.16. The highest BCUT2D eigenvalue weighted by atomic mass is 16.8. The van der Waals surface area contributed by atoms with E-state index in [0.29, 0.717) is 0 Å². The van der Waals surface area contributed by atoms with Gasteiger partial charge in [0, 0.05) is 11.8 Å². The van der Waals surface area contributed by atoms with E-state index in [1.54, 1.807) is 0 Å². The van der Waals surface area contributed by atoms with Crippen molar-refractivity contribution >= 4 is 11.9 Å². The SMILES string of the molecule is C=C[C@H]1[C@H](OC2OC(CO)C(O)C(O)C2O)OC=C(C(=O)OC)[C@H]1CCOC(=O)c1cc(O)c(O)c(O)c1. The summed E-state index contributed by atoms with van der Waals surface area (Å²) in [5.74, 6) is -5.48. The molecule has 0 aliphatic carbocycles. The Morgan fingerprint density at radius 1 is 1.03 bits per heavy atom. The predicted molar refractivity (Wildman–Crippen MR) is 123 cm³/mol. The van der Waals surface area contributed by atoms with E-state index in [-0.39, 0.29) is 24.2 Å². The summed E-state index contributed by atoms with van der Waals surface area (Å²) in [4.78, 5) is 24.8. The normalized spacial score (nSPS) is 31.0. The number of hydrogen-bond acceptors (Lipinski definition) is 14. The average molecular weight is 542 g/mol. The number of phenolic OH excluding ortho intramolecular Hbond substituents is 3. The fourth-order valence-corrected chi connectivity index (χ4v) is 4.17. The zero-order chi connectivity index (χ0) is 28.1. The summed E-state index contributed by atoms with van der Waals surface area (Å²) in [6.07, 6.45) is -6.49. The number of esters is 2. The van der Waals surface area contributed by atoms with Crippen molar-refractivity contribution in [3.05, 3.63) is 42.2 Å². The van der Waals surface area contributed by atoms with Crippen molar-refractivity contribution in [3.8, 4) is 17.2 Å².